The van der Waals surface area contributed by atoms with Gasteiger partial charge in [0.2, 0.25) is 0 Å². The summed E-state index contributed by atoms with van der Waals surface area (Å²) >= 11 is 1.58. The molecule has 96 valence electrons. The third-order valence-electron chi connectivity index (χ3n) is 3.02. The molecule has 0 bridgehead atoms. The molecule has 2 N–H and O–H groups in total. The Morgan fingerprint density at radius 2 is 1.94 bits per heavy atom. The number of halogens is 2. The van der Waals surface area contributed by atoms with Gasteiger partial charge < -0.3 is 5.73 Å². The van der Waals surface area contributed by atoms with E-state index in [9.17, 15) is 17.2 Å². The zero-order chi connectivity index (χ0) is 12.4. The summed E-state index contributed by atoms with van der Waals surface area (Å²) in [5.74, 6) is -3.33. The molecule has 4 nitrogen and oxygen atoms in total. The van der Waals surface area contributed by atoms with E-state index < -0.39 is 15.8 Å². The second kappa shape index (κ2) is 5.16. The van der Waals surface area contributed by atoms with Crippen LogP contribution in [0.25, 0.3) is 0 Å². The first-order chi connectivity index (χ1) is 7.38. The van der Waals surface area contributed by atoms with Crippen LogP contribution in [0.2, 0.25) is 0 Å². The summed E-state index contributed by atoms with van der Waals surface area (Å²) in [4.78, 5) is 0. The zero-order valence-electron chi connectivity index (χ0n) is 9.03. The minimum Gasteiger partial charge on any atom is -0.329 e. The van der Waals surface area contributed by atoms with Gasteiger partial charge >= 0.3 is 5.76 Å². The van der Waals surface area contributed by atoms with Gasteiger partial charge in [-0.15, -0.1) is 0 Å². The van der Waals surface area contributed by atoms with Gasteiger partial charge in [-0.3, -0.25) is 0 Å². The lowest BCUT2D eigenvalue weighted by molar-refractivity contribution is 0.209. The number of nitrogens with two attached hydrogens (primary N) is 1. The van der Waals surface area contributed by atoms with E-state index in [1.807, 2.05) is 6.26 Å². The molecule has 0 radical (unpaired) electrons. The lowest BCUT2D eigenvalue weighted by Crippen LogP contribution is -2.49. The molecule has 1 saturated heterocycles. The molecule has 1 aliphatic rings. The summed E-state index contributed by atoms with van der Waals surface area (Å²) in [5.41, 5.74) is 5.63. The van der Waals surface area contributed by atoms with Crippen molar-refractivity contribution in [2.45, 2.75) is 23.3 Å². The molecule has 0 unspecified atom stereocenters. The number of sulfonamides is 1. The van der Waals surface area contributed by atoms with E-state index in [1.54, 1.807) is 11.8 Å². The molecular formula is C8H16F2N2O2S2. The number of hydrogen-bond donors (Lipinski definition) is 1. The molecule has 1 fully saturated rings. The highest BCUT2D eigenvalue weighted by Gasteiger charge is 2.39. The average Bonchev–Trinajstić information content (AvgIpc) is 2.29. The fourth-order valence-corrected chi connectivity index (χ4v) is 3.43. The lowest BCUT2D eigenvalue weighted by Gasteiger charge is -2.39. The average molecular weight is 274 g/mol. The second-order valence-corrected chi connectivity index (χ2v) is 6.97. The van der Waals surface area contributed by atoms with Crippen LogP contribution in [0.15, 0.2) is 0 Å². The van der Waals surface area contributed by atoms with Gasteiger partial charge in [-0.25, -0.2) is 8.42 Å². The largest absolute Gasteiger partial charge is 0.350 e. The minimum atomic E-state index is -4.42. The van der Waals surface area contributed by atoms with E-state index in [0.717, 1.165) is 4.31 Å². The first-order valence-corrected chi connectivity index (χ1v) is 7.63. The van der Waals surface area contributed by atoms with E-state index in [2.05, 4.69) is 0 Å². The first kappa shape index (κ1) is 14.1. The summed E-state index contributed by atoms with van der Waals surface area (Å²) in [6, 6.07) is 0. The van der Waals surface area contributed by atoms with Gasteiger partial charge in [-0.1, -0.05) is 0 Å². The van der Waals surface area contributed by atoms with Crippen molar-refractivity contribution in [3.8, 4) is 0 Å². The van der Waals surface area contributed by atoms with Crippen molar-refractivity contribution in [2.24, 2.45) is 5.73 Å². The van der Waals surface area contributed by atoms with Crippen molar-refractivity contribution >= 4 is 21.8 Å². The van der Waals surface area contributed by atoms with E-state index in [0.29, 0.717) is 19.4 Å². The molecule has 0 atom stereocenters. The Hall–Kier alpha value is 0.0800. The van der Waals surface area contributed by atoms with Crippen molar-refractivity contribution in [1.82, 2.24) is 4.31 Å². The van der Waals surface area contributed by atoms with Crippen LogP contribution >= 0.6 is 11.8 Å². The third kappa shape index (κ3) is 2.66. The number of nitrogens with zero attached hydrogens (tertiary/aromatic N) is 1. The smallest absolute Gasteiger partial charge is 0.329 e. The third-order valence-corrected chi connectivity index (χ3v) is 6.00. The van der Waals surface area contributed by atoms with Crippen LogP contribution in [-0.2, 0) is 10.0 Å². The van der Waals surface area contributed by atoms with Crippen LogP contribution in [-0.4, -0.2) is 49.1 Å². The van der Waals surface area contributed by atoms with Crippen LogP contribution in [0.5, 0.6) is 0 Å². The van der Waals surface area contributed by atoms with E-state index in [-0.39, 0.29) is 17.8 Å². The predicted octanol–water partition coefficient (Wildman–Crippen LogP) is 0.695. The van der Waals surface area contributed by atoms with Gasteiger partial charge in [0.1, 0.15) is 0 Å². The van der Waals surface area contributed by atoms with Crippen molar-refractivity contribution in [3.05, 3.63) is 0 Å². The van der Waals surface area contributed by atoms with Gasteiger partial charge in [0, 0.05) is 24.4 Å². The maximum Gasteiger partial charge on any atom is 0.350 e. The Balaban J connectivity index is 2.69. The van der Waals surface area contributed by atoms with E-state index in [4.69, 9.17) is 5.73 Å². The first-order valence-electron chi connectivity index (χ1n) is 4.90. The summed E-state index contributed by atoms with van der Waals surface area (Å²) in [6.45, 7) is 0.701. The summed E-state index contributed by atoms with van der Waals surface area (Å²) in [6.07, 6.45) is 2.96. The summed E-state index contributed by atoms with van der Waals surface area (Å²) in [5, 5.41) is 0. The molecular weight excluding hydrogens is 258 g/mol. The Kier molecular flexibility index (Phi) is 4.56. The molecule has 1 aliphatic heterocycles. The SMILES string of the molecule is CSC1(CN)CCN(S(=O)(=O)C(F)F)CC1. The molecule has 8 heteroatoms. The maximum absolute atomic E-state index is 12.3. The highest BCUT2D eigenvalue weighted by Crippen LogP contribution is 2.34. The normalized spacial score (nSPS) is 22.6. The van der Waals surface area contributed by atoms with E-state index in [1.165, 1.54) is 0 Å². The van der Waals surface area contributed by atoms with Gasteiger partial charge in [0.25, 0.3) is 10.0 Å². The Labute approximate surface area is 98.6 Å². The highest BCUT2D eigenvalue weighted by molar-refractivity contribution is 8.00. The quantitative estimate of drug-likeness (QED) is 0.819. The second-order valence-electron chi connectivity index (χ2n) is 3.80. The molecule has 0 aliphatic carbocycles. The molecule has 0 aromatic rings. The standard InChI is InChI=1S/C8H16F2N2O2S2/c1-15-8(6-11)2-4-12(5-3-8)16(13,14)7(9)10/h7H,2-6,11H2,1H3. The molecule has 0 amide bonds. The molecule has 16 heavy (non-hydrogen) atoms. The molecule has 0 aromatic heterocycles. The molecule has 1 heterocycles. The van der Waals surface area contributed by atoms with Crippen molar-refractivity contribution < 1.29 is 17.2 Å². The van der Waals surface area contributed by atoms with Gasteiger partial charge in [-0.05, 0) is 19.1 Å². The summed E-state index contributed by atoms with van der Waals surface area (Å²) in [7, 11) is -4.42. The number of thioether (sulfide) groups is 1. The Bertz CT molecular complexity index is 321. The van der Waals surface area contributed by atoms with Crippen LogP contribution in [0.3, 0.4) is 0 Å². The van der Waals surface area contributed by atoms with Crippen LogP contribution in [0.1, 0.15) is 12.8 Å². The van der Waals surface area contributed by atoms with Crippen LogP contribution in [0, 0.1) is 0 Å². The molecule has 0 aromatic carbocycles. The van der Waals surface area contributed by atoms with Crippen molar-refractivity contribution in [3.63, 3.8) is 0 Å². The molecule has 0 spiro atoms. The summed E-state index contributed by atoms with van der Waals surface area (Å²) < 4.78 is 47.7. The number of alkyl halides is 2. The van der Waals surface area contributed by atoms with Crippen molar-refractivity contribution in [2.75, 3.05) is 25.9 Å². The Morgan fingerprint density at radius 3 is 2.25 bits per heavy atom. The lowest BCUT2D eigenvalue weighted by atomic mass is 9.97. The Morgan fingerprint density at radius 1 is 1.44 bits per heavy atom. The van der Waals surface area contributed by atoms with Crippen LogP contribution in [0.4, 0.5) is 8.78 Å². The molecule has 0 saturated carbocycles. The molecule has 1 rings (SSSR count). The number of piperidine rings is 1. The highest BCUT2D eigenvalue weighted by atomic mass is 32.2. The van der Waals surface area contributed by atoms with Crippen LogP contribution < -0.4 is 5.73 Å². The fraction of sp³-hybridized carbons (Fsp3) is 1.00. The van der Waals surface area contributed by atoms with Gasteiger partial charge in [-0.2, -0.15) is 24.8 Å². The minimum absolute atomic E-state index is 0.130. The number of hydrogen-bond acceptors (Lipinski definition) is 4. The van der Waals surface area contributed by atoms with Gasteiger partial charge in [0.15, 0.2) is 0 Å². The zero-order valence-corrected chi connectivity index (χ0v) is 10.7. The van der Waals surface area contributed by atoms with Gasteiger partial charge in [0.05, 0.1) is 0 Å². The predicted molar refractivity (Wildman–Crippen MR) is 61.0 cm³/mol. The maximum atomic E-state index is 12.3. The monoisotopic (exact) mass is 274 g/mol. The van der Waals surface area contributed by atoms with E-state index >= 15 is 0 Å². The fourth-order valence-electron chi connectivity index (χ4n) is 1.75. The topological polar surface area (TPSA) is 63.4 Å². The van der Waals surface area contributed by atoms with Crippen molar-refractivity contribution in [1.29, 1.82) is 0 Å². The number of rotatable bonds is 4.